The van der Waals surface area contributed by atoms with Gasteiger partial charge in [0.1, 0.15) is 5.78 Å². The molecule has 2 fully saturated rings. The standard InChI is InChI=1S/C23H41NO4Si/c1-9-11-14-23-15-13-19(24(23)21(26)27-6)17(12-10-2)20(25)18(23)16-28-29(7,8)22(3,4)5/h10,17-19H,2,9,11-16H2,1,3-8H3/t17-,18-,19-,23+/m0/s1. The fraction of sp³-hybridized carbons (Fsp3) is 0.826. The first-order valence-corrected chi connectivity index (χ1v) is 14.0. The van der Waals surface area contributed by atoms with Gasteiger partial charge in [-0.05, 0) is 43.8 Å². The minimum absolute atomic E-state index is 0.0715. The fourth-order valence-electron chi connectivity index (χ4n) is 4.93. The SMILES string of the molecule is C=CC[C@@H]1C(=O)[C@H](CO[Si](C)(C)C(C)(C)C)[C@@]2(CCCC)CC[C@@H]1N2C(=O)OC. The van der Waals surface area contributed by atoms with Crippen LogP contribution in [0.4, 0.5) is 4.79 Å². The van der Waals surface area contributed by atoms with Crippen molar-refractivity contribution in [3.8, 4) is 0 Å². The second kappa shape index (κ2) is 8.92. The van der Waals surface area contributed by atoms with Gasteiger partial charge in [0.2, 0.25) is 0 Å². The van der Waals surface area contributed by atoms with Crippen LogP contribution in [0.1, 0.15) is 66.2 Å². The number of amides is 1. The maximum atomic E-state index is 13.7. The molecule has 29 heavy (non-hydrogen) atoms. The number of methoxy groups -OCH3 is 1. The van der Waals surface area contributed by atoms with Crippen LogP contribution in [0.15, 0.2) is 12.7 Å². The number of ether oxygens (including phenoxy) is 1. The normalized spacial score (nSPS) is 29.8. The van der Waals surface area contributed by atoms with Crippen LogP contribution in [0.3, 0.4) is 0 Å². The molecule has 2 heterocycles. The number of piperidine rings is 1. The van der Waals surface area contributed by atoms with Gasteiger partial charge in [-0.3, -0.25) is 9.69 Å². The Kier molecular flexibility index (Phi) is 7.43. The predicted molar refractivity (Wildman–Crippen MR) is 119 cm³/mol. The van der Waals surface area contributed by atoms with Crippen molar-refractivity contribution >= 4 is 20.2 Å². The summed E-state index contributed by atoms with van der Waals surface area (Å²) < 4.78 is 11.8. The molecule has 5 nitrogen and oxygen atoms in total. The van der Waals surface area contributed by atoms with Crippen LogP contribution in [0.25, 0.3) is 0 Å². The van der Waals surface area contributed by atoms with Crippen LogP contribution < -0.4 is 0 Å². The Hall–Kier alpha value is -1.14. The second-order valence-corrected chi connectivity index (χ2v) is 15.1. The van der Waals surface area contributed by atoms with Gasteiger partial charge in [0.05, 0.1) is 18.6 Å². The number of rotatable bonds is 8. The molecule has 0 spiro atoms. The summed E-state index contributed by atoms with van der Waals surface area (Å²) in [6.45, 7) is 17.5. The zero-order chi connectivity index (χ0) is 22.0. The number of fused-ring (bicyclic) bond motifs is 2. The number of ketones is 1. The highest BCUT2D eigenvalue weighted by Crippen LogP contribution is 2.52. The van der Waals surface area contributed by atoms with Gasteiger partial charge in [-0.15, -0.1) is 6.58 Å². The molecule has 0 unspecified atom stereocenters. The Morgan fingerprint density at radius 3 is 2.55 bits per heavy atom. The number of carbonyl (C=O) groups is 2. The molecule has 2 aliphatic heterocycles. The van der Waals surface area contributed by atoms with Crippen LogP contribution in [0, 0.1) is 11.8 Å². The summed E-state index contributed by atoms with van der Waals surface area (Å²) in [5.74, 6) is -0.259. The van der Waals surface area contributed by atoms with E-state index in [0.717, 1.165) is 32.1 Å². The zero-order valence-electron chi connectivity index (χ0n) is 19.5. The van der Waals surface area contributed by atoms with Crippen molar-refractivity contribution in [2.45, 2.75) is 95.9 Å². The van der Waals surface area contributed by atoms with Crippen molar-refractivity contribution in [2.24, 2.45) is 11.8 Å². The summed E-state index contributed by atoms with van der Waals surface area (Å²) in [6.07, 6.45) is 6.63. The third kappa shape index (κ3) is 4.34. The summed E-state index contributed by atoms with van der Waals surface area (Å²) >= 11 is 0. The Labute approximate surface area is 178 Å². The summed E-state index contributed by atoms with van der Waals surface area (Å²) in [5.41, 5.74) is -0.481. The molecular weight excluding hydrogens is 382 g/mol. The molecule has 0 aromatic carbocycles. The molecule has 1 amide bonds. The Balaban J connectivity index is 2.46. The van der Waals surface area contributed by atoms with Gasteiger partial charge in [0, 0.05) is 18.6 Å². The van der Waals surface area contributed by atoms with Crippen LogP contribution in [-0.2, 0) is 14.0 Å². The molecule has 0 saturated carbocycles. The predicted octanol–water partition coefficient (Wildman–Crippen LogP) is 5.56. The van der Waals surface area contributed by atoms with E-state index in [-0.39, 0.29) is 34.8 Å². The van der Waals surface area contributed by atoms with Gasteiger partial charge >= 0.3 is 6.09 Å². The zero-order valence-corrected chi connectivity index (χ0v) is 20.5. The van der Waals surface area contributed by atoms with Crippen molar-refractivity contribution < 1.29 is 18.8 Å². The lowest BCUT2D eigenvalue weighted by molar-refractivity contribution is -0.142. The number of carbonyl (C=O) groups excluding carboxylic acids is 2. The smallest absolute Gasteiger partial charge is 0.410 e. The summed E-state index contributed by atoms with van der Waals surface area (Å²) in [7, 11) is -0.577. The molecule has 0 aromatic heterocycles. The van der Waals surface area contributed by atoms with E-state index in [2.05, 4.69) is 47.4 Å². The van der Waals surface area contributed by atoms with Crippen molar-refractivity contribution in [3.05, 3.63) is 12.7 Å². The lowest BCUT2D eigenvalue weighted by Crippen LogP contribution is -2.65. The van der Waals surface area contributed by atoms with E-state index in [4.69, 9.17) is 9.16 Å². The molecule has 0 aromatic rings. The summed E-state index contributed by atoms with van der Waals surface area (Å²) in [6, 6.07) is -0.0890. The van der Waals surface area contributed by atoms with Crippen LogP contribution in [0.5, 0.6) is 0 Å². The average Bonchev–Trinajstić information content (AvgIpc) is 2.97. The molecule has 166 valence electrons. The molecule has 2 aliphatic rings. The molecule has 0 radical (unpaired) electrons. The Morgan fingerprint density at radius 1 is 1.38 bits per heavy atom. The summed E-state index contributed by atoms with van der Waals surface area (Å²) in [4.78, 5) is 28.5. The molecule has 0 N–H and O–H groups in total. The molecular formula is C23H41NO4Si. The molecule has 2 rings (SSSR count). The minimum atomic E-state index is -2.02. The van der Waals surface area contributed by atoms with Crippen molar-refractivity contribution in [1.29, 1.82) is 0 Å². The number of nitrogens with zero attached hydrogens (tertiary/aromatic N) is 1. The largest absolute Gasteiger partial charge is 0.453 e. The van der Waals surface area contributed by atoms with Crippen molar-refractivity contribution in [2.75, 3.05) is 13.7 Å². The van der Waals surface area contributed by atoms with Gasteiger partial charge in [0.25, 0.3) is 0 Å². The van der Waals surface area contributed by atoms with Gasteiger partial charge in [-0.2, -0.15) is 0 Å². The third-order valence-corrected chi connectivity index (χ3v) is 12.2. The first-order chi connectivity index (χ1) is 13.5. The molecule has 2 bridgehead atoms. The van der Waals surface area contributed by atoms with E-state index >= 15 is 0 Å². The first kappa shape index (κ1) is 24.1. The van der Waals surface area contributed by atoms with Crippen LogP contribution in [-0.4, -0.2) is 50.4 Å². The molecule has 2 saturated heterocycles. The van der Waals surface area contributed by atoms with Gasteiger partial charge in [-0.1, -0.05) is 46.6 Å². The van der Waals surface area contributed by atoms with E-state index in [1.165, 1.54) is 7.11 Å². The molecule has 6 heteroatoms. The number of hydrogen-bond donors (Lipinski definition) is 0. The van der Waals surface area contributed by atoms with Crippen LogP contribution >= 0.6 is 0 Å². The van der Waals surface area contributed by atoms with E-state index in [1.807, 2.05) is 4.90 Å². The van der Waals surface area contributed by atoms with E-state index in [0.29, 0.717) is 13.0 Å². The third-order valence-electron chi connectivity index (χ3n) is 7.68. The number of hydrogen-bond acceptors (Lipinski definition) is 4. The number of unbranched alkanes of at least 4 members (excludes halogenated alkanes) is 1. The van der Waals surface area contributed by atoms with E-state index in [1.54, 1.807) is 6.08 Å². The molecule has 0 aliphatic carbocycles. The monoisotopic (exact) mass is 423 g/mol. The maximum Gasteiger partial charge on any atom is 0.410 e. The number of Topliss-reactive ketones (excluding diaryl/α,β-unsaturated/α-hetero) is 1. The minimum Gasteiger partial charge on any atom is -0.453 e. The van der Waals surface area contributed by atoms with Crippen molar-refractivity contribution in [1.82, 2.24) is 4.90 Å². The Bertz CT molecular complexity index is 627. The van der Waals surface area contributed by atoms with Gasteiger partial charge < -0.3 is 9.16 Å². The van der Waals surface area contributed by atoms with Gasteiger partial charge in [0.15, 0.2) is 8.32 Å². The lowest BCUT2D eigenvalue weighted by Gasteiger charge is -2.51. The maximum absolute atomic E-state index is 13.7. The topological polar surface area (TPSA) is 55.8 Å². The number of allylic oxidation sites excluding steroid dienone is 1. The molecule has 4 atom stereocenters. The highest BCUT2D eigenvalue weighted by atomic mass is 28.4. The van der Waals surface area contributed by atoms with E-state index in [9.17, 15) is 9.59 Å². The second-order valence-electron chi connectivity index (χ2n) is 10.3. The van der Waals surface area contributed by atoms with Crippen molar-refractivity contribution in [3.63, 3.8) is 0 Å². The highest BCUT2D eigenvalue weighted by Gasteiger charge is 2.63. The van der Waals surface area contributed by atoms with Gasteiger partial charge in [-0.25, -0.2) is 4.79 Å². The fourth-order valence-corrected chi connectivity index (χ4v) is 5.95. The van der Waals surface area contributed by atoms with E-state index < -0.39 is 13.9 Å². The first-order valence-electron chi connectivity index (χ1n) is 11.1. The van der Waals surface area contributed by atoms with Crippen LogP contribution in [0.2, 0.25) is 18.1 Å². The Morgan fingerprint density at radius 2 is 2.03 bits per heavy atom. The quantitative estimate of drug-likeness (QED) is 0.379. The lowest BCUT2D eigenvalue weighted by atomic mass is 9.70. The summed E-state index contributed by atoms with van der Waals surface area (Å²) in [5, 5.41) is 0.0715. The average molecular weight is 424 g/mol. The highest BCUT2D eigenvalue weighted by molar-refractivity contribution is 6.74.